The molecule has 3 aromatic rings. The molecule has 162 valence electrons. The maximum atomic E-state index is 12.8. The predicted octanol–water partition coefficient (Wildman–Crippen LogP) is 6.09. The zero-order valence-electron chi connectivity index (χ0n) is 16.7. The summed E-state index contributed by atoms with van der Waals surface area (Å²) in [6.45, 7) is 1.25. The molecule has 8 heteroatoms. The quantitative estimate of drug-likeness (QED) is 0.473. The van der Waals surface area contributed by atoms with E-state index in [2.05, 4.69) is 9.88 Å². The van der Waals surface area contributed by atoms with Crippen molar-refractivity contribution >= 4 is 17.3 Å². The minimum atomic E-state index is -4.50. The summed E-state index contributed by atoms with van der Waals surface area (Å²) in [4.78, 5) is 5.89. The number of benzene rings is 2. The molecule has 0 N–H and O–H groups in total. The molecule has 1 aromatic heterocycles. The van der Waals surface area contributed by atoms with Gasteiger partial charge in [0.2, 0.25) is 5.88 Å². The van der Waals surface area contributed by atoms with E-state index in [1.165, 1.54) is 0 Å². The Labute approximate surface area is 183 Å². The minimum absolute atomic E-state index is 0.00732. The number of hydrogen-bond acceptors (Lipinski definition) is 4. The Morgan fingerprint density at radius 3 is 2.52 bits per heavy atom. The summed E-state index contributed by atoms with van der Waals surface area (Å²) in [5, 5.41) is -0.155. The number of aromatic nitrogens is 1. The van der Waals surface area contributed by atoms with Gasteiger partial charge in [-0.2, -0.15) is 13.2 Å². The van der Waals surface area contributed by atoms with E-state index in [4.69, 9.17) is 21.1 Å². The molecule has 2 aromatic carbocycles. The lowest BCUT2D eigenvalue weighted by molar-refractivity contribution is -0.137. The average Bonchev–Trinajstić information content (AvgIpc) is 3.23. The summed E-state index contributed by atoms with van der Waals surface area (Å²) < 4.78 is 49.8. The topological polar surface area (TPSA) is 34.6 Å². The SMILES string of the molecule is COc1cc(-c2ccccc2)ccc1N1CC[C@@H](Oc2ncc(C(F)(F)F)cc2Cl)C1. The van der Waals surface area contributed by atoms with Gasteiger partial charge >= 0.3 is 6.18 Å². The fourth-order valence-corrected chi connectivity index (χ4v) is 3.83. The molecule has 1 fully saturated rings. The van der Waals surface area contributed by atoms with Gasteiger partial charge in [-0.05, 0) is 29.3 Å². The molecule has 0 saturated carbocycles. The van der Waals surface area contributed by atoms with Crippen LogP contribution in [0, 0.1) is 0 Å². The van der Waals surface area contributed by atoms with Crippen LogP contribution in [-0.4, -0.2) is 31.3 Å². The number of ether oxygens (including phenoxy) is 2. The largest absolute Gasteiger partial charge is 0.495 e. The number of anilines is 1. The molecule has 1 saturated heterocycles. The normalized spacial score (nSPS) is 16.4. The van der Waals surface area contributed by atoms with Crippen LogP contribution in [0.1, 0.15) is 12.0 Å². The summed E-state index contributed by atoms with van der Waals surface area (Å²) in [6, 6.07) is 16.9. The smallest absolute Gasteiger partial charge is 0.417 e. The van der Waals surface area contributed by atoms with Crippen molar-refractivity contribution in [2.45, 2.75) is 18.7 Å². The molecular formula is C23H20ClF3N2O2. The zero-order valence-corrected chi connectivity index (χ0v) is 17.5. The Bertz CT molecular complexity index is 1060. The Kier molecular flexibility index (Phi) is 5.96. The molecular weight excluding hydrogens is 429 g/mol. The van der Waals surface area contributed by atoms with E-state index in [9.17, 15) is 13.2 Å². The highest BCUT2D eigenvalue weighted by Gasteiger charge is 2.32. The summed E-state index contributed by atoms with van der Waals surface area (Å²) in [7, 11) is 1.63. The van der Waals surface area contributed by atoms with Crippen LogP contribution in [0.3, 0.4) is 0 Å². The first-order valence-corrected chi connectivity index (χ1v) is 10.1. The first-order valence-electron chi connectivity index (χ1n) is 9.73. The maximum absolute atomic E-state index is 12.8. The van der Waals surface area contributed by atoms with Crippen LogP contribution >= 0.6 is 11.6 Å². The van der Waals surface area contributed by atoms with E-state index >= 15 is 0 Å². The summed E-state index contributed by atoms with van der Waals surface area (Å²) >= 11 is 5.97. The number of hydrogen-bond donors (Lipinski definition) is 0. The van der Waals surface area contributed by atoms with Gasteiger partial charge in [-0.1, -0.05) is 48.0 Å². The number of rotatable bonds is 5. The second-order valence-corrected chi connectivity index (χ2v) is 7.64. The van der Waals surface area contributed by atoms with Gasteiger partial charge in [0, 0.05) is 19.2 Å². The molecule has 0 bridgehead atoms. The van der Waals surface area contributed by atoms with Crippen LogP contribution in [-0.2, 0) is 6.18 Å². The van der Waals surface area contributed by atoms with Crippen molar-refractivity contribution in [2.24, 2.45) is 0 Å². The number of nitrogens with zero attached hydrogens (tertiary/aromatic N) is 2. The Balaban J connectivity index is 1.48. The maximum Gasteiger partial charge on any atom is 0.417 e. The molecule has 1 atom stereocenters. The van der Waals surface area contributed by atoms with Crippen molar-refractivity contribution in [1.82, 2.24) is 4.98 Å². The van der Waals surface area contributed by atoms with Crippen molar-refractivity contribution < 1.29 is 22.6 Å². The van der Waals surface area contributed by atoms with Crippen molar-refractivity contribution in [1.29, 1.82) is 0 Å². The van der Waals surface area contributed by atoms with Crippen LogP contribution < -0.4 is 14.4 Å². The molecule has 0 amide bonds. The second kappa shape index (κ2) is 8.67. The third-order valence-electron chi connectivity index (χ3n) is 5.19. The van der Waals surface area contributed by atoms with E-state index in [0.717, 1.165) is 34.8 Å². The van der Waals surface area contributed by atoms with Gasteiger partial charge in [0.05, 0.1) is 24.9 Å². The summed E-state index contributed by atoms with van der Waals surface area (Å²) in [5.41, 5.74) is 2.17. The molecule has 31 heavy (non-hydrogen) atoms. The summed E-state index contributed by atoms with van der Waals surface area (Å²) in [5.74, 6) is 0.751. The molecule has 1 aliphatic heterocycles. The number of alkyl halides is 3. The first-order chi connectivity index (χ1) is 14.8. The van der Waals surface area contributed by atoms with Gasteiger partial charge in [0.25, 0.3) is 0 Å². The van der Waals surface area contributed by atoms with Crippen molar-refractivity contribution in [3.05, 3.63) is 71.4 Å². The number of methoxy groups -OCH3 is 1. The van der Waals surface area contributed by atoms with E-state index in [-0.39, 0.29) is 17.0 Å². The van der Waals surface area contributed by atoms with Crippen LogP contribution in [0.4, 0.5) is 18.9 Å². The lowest BCUT2D eigenvalue weighted by Gasteiger charge is -2.22. The first kappa shape index (κ1) is 21.3. The summed E-state index contributed by atoms with van der Waals surface area (Å²) in [6.07, 6.45) is -3.33. The van der Waals surface area contributed by atoms with Crippen LogP contribution in [0.2, 0.25) is 5.02 Å². The third-order valence-corrected chi connectivity index (χ3v) is 5.46. The molecule has 4 rings (SSSR count). The molecule has 4 nitrogen and oxygen atoms in total. The number of pyridine rings is 1. The highest BCUT2D eigenvalue weighted by Crippen LogP contribution is 2.37. The van der Waals surface area contributed by atoms with Crippen molar-refractivity contribution in [3.8, 4) is 22.8 Å². The monoisotopic (exact) mass is 448 g/mol. The van der Waals surface area contributed by atoms with Gasteiger partial charge in [-0.3, -0.25) is 0 Å². The fraction of sp³-hybridized carbons (Fsp3) is 0.261. The molecule has 0 spiro atoms. The predicted molar refractivity (Wildman–Crippen MR) is 114 cm³/mol. The Hall–Kier alpha value is -2.93. The van der Waals surface area contributed by atoms with Crippen molar-refractivity contribution in [2.75, 3.05) is 25.1 Å². The van der Waals surface area contributed by atoms with E-state index in [1.807, 2.05) is 48.5 Å². The average molecular weight is 449 g/mol. The zero-order chi connectivity index (χ0) is 22.0. The molecule has 0 unspecified atom stereocenters. The van der Waals surface area contributed by atoms with E-state index < -0.39 is 11.7 Å². The number of halogens is 4. The molecule has 2 heterocycles. The van der Waals surface area contributed by atoms with Crippen LogP contribution in [0.25, 0.3) is 11.1 Å². The highest BCUT2D eigenvalue weighted by molar-refractivity contribution is 6.31. The molecule has 0 aliphatic carbocycles. The van der Waals surface area contributed by atoms with Gasteiger partial charge in [-0.15, -0.1) is 0 Å². The highest BCUT2D eigenvalue weighted by atomic mass is 35.5. The fourth-order valence-electron chi connectivity index (χ4n) is 3.62. The lowest BCUT2D eigenvalue weighted by Crippen LogP contribution is -2.25. The van der Waals surface area contributed by atoms with E-state index in [0.29, 0.717) is 19.5 Å². The van der Waals surface area contributed by atoms with Gasteiger partial charge in [-0.25, -0.2) is 4.98 Å². The van der Waals surface area contributed by atoms with E-state index in [1.54, 1.807) is 7.11 Å². The van der Waals surface area contributed by atoms with Crippen LogP contribution in [0.5, 0.6) is 11.6 Å². The minimum Gasteiger partial charge on any atom is -0.495 e. The van der Waals surface area contributed by atoms with Gasteiger partial charge in [0.15, 0.2) is 0 Å². The third kappa shape index (κ3) is 4.71. The Morgan fingerprint density at radius 2 is 1.84 bits per heavy atom. The van der Waals surface area contributed by atoms with Gasteiger partial charge < -0.3 is 14.4 Å². The van der Waals surface area contributed by atoms with Crippen molar-refractivity contribution in [3.63, 3.8) is 0 Å². The lowest BCUT2D eigenvalue weighted by atomic mass is 10.0. The standard InChI is InChI=1S/C23H20ClF3N2O2/c1-30-21-11-16(15-5-3-2-4-6-15)7-8-20(21)29-10-9-18(14-29)31-22-19(24)12-17(13-28-22)23(25,26)27/h2-8,11-13,18H,9-10,14H2,1H3/t18-/m1/s1. The van der Waals surface area contributed by atoms with Gasteiger partial charge in [0.1, 0.15) is 16.9 Å². The molecule has 0 radical (unpaired) electrons. The second-order valence-electron chi connectivity index (χ2n) is 7.24. The molecule has 1 aliphatic rings. The Morgan fingerprint density at radius 1 is 1.06 bits per heavy atom. The van der Waals surface area contributed by atoms with Crippen LogP contribution in [0.15, 0.2) is 60.8 Å².